The number of nitrogens with zero attached hydrogens (tertiary/aromatic N) is 1. The highest BCUT2D eigenvalue weighted by Gasteiger charge is 2.06. The van der Waals surface area contributed by atoms with Gasteiger partial charge in [0.25, 0.3) is 0 Å². The molecule has 0 saturated carbocycles. The fourth-order valence-corrected chi connectivity index (χ4v) is 1.28. The quantitative estimate of drug-likeness (QED) is 0.606. The maximum absolute atomic E-state index is 11.6. The van der Waals surface area contributed by atoms with Gasteiger partial charge in [-0.15, -0.1) is 0 Å². The van der Waals surface area contributed by atoms with E-state index >= 15 is 0 Å². The van der Waals surface area contributed by atoms with Gasteiger partial charge in [-0.1, -0.05) is 12.1 Å². The number of anilines is 1. The van der Waals surface area contributed by atoms with Gasteiger partial charge in [0.05, 0.1) is 6.42 Å². The minimum Gasteiger partial charge on any atom is -0.481 e. The molecule has 1 amide bonds. The lowest BCUT2D eigenvalue weighted by molar-refractivity contribution is -0.137. The summed E-state index contributed by atoms with van der Waals surface area (Å²) in [6.45, 7) is 0.195. The number of likely N-dealkylation sites (N-methyl/N-ethyl adjacent to an activating group) is 1. The Balaban J connectivity index is 2.53. The molecule has 1 rings (SSSR count). The van der Waals surface area contributed by atoms with Crippen molar-refractivity contribution in [1.82, 2.24) is 4.90 Å². The molecule has 1 aromatic rings. The van der Waals surface area contributed by atoms with Gasteiger partial charge in [-0.2, -0.15) is 0 Å². The van der Waals surface area contributed by atoms with E-state index in [2.05, 4.69) is 0 Å². The van der Waals surface area contributed by atoms with Gasteiger partial charge in [0.2, 0.25) is 5.91 Å². The number of rotatable bonds is 5. The Morgan fingerprint density at radius 3 is 2.50 bits per heavy atom. The lowest BCUT2D eigenvalue weighted by Crippen LogP contribution is -2.27. The molecule has 0 radical (unpaired) electrons. The van der Waals surface area contributed by atoms with Crippen LogP contribution in [-0.4, -0.2) is 35.5 Å². The highest BCUT2D eigenvalue weighted by atomic mass is 16.4. The van der Waals surface area contributed by atoms with Crippen LogP contribution in [0.5, 0.6) is 0 Å². The number of amides is 1. The summed E-state index contributed by atoms with van der Waals surface area (Å²) in [7, 11) is 1.57. The zero-order valence-corrected chi connectivity index (χ0v) is 10.2. The number of carbonyl (C=O) groups is 2. The van der Waals surface area contributed by atoms with E-state index in [9.17, 15) is 9.59 Å². The van der Waals surface area contributed by atoms with Crippen molar-refractivity contribution in [3.8, 4) is 0 Å². The third-order valence-electron chi connectivity index (χ3n) is 2.39. The predicted octanol–water partition coefficient (Wildman–Crippen LogP) is 1.22. The van der Waals surface area contributed by atoms with Crippen LogP contribution in [0.1, 0.15) is 12.0 Å². The van der Waals surface area contributed by atoms with Crippen molar-refractivity contribution in [2.75, 3.05) is 19.3 Å². The first-order chi connectivity index (χ1) is 8.49. The molecule has 3 N–H and O–H groups in total. The summed E-state index contributed by atoms with van der Waals surface area (Å²) in [6.07, 6.45) is 3.02. The molecule has 0 saturated heterocycles. The van der Waals surface area contributed by atoms with E-state index in [0.717, 1.165) is 5.56 Å². The normalized spacial score (nSPS) is 10.5. The van der Waals surface area contributed by atoms with Crippen molar-refractivity contribution < 1.29 is 14.7 Å². The maximum atomic E-state index is 11.6. The fourth-order valence-electron chi connectivity index (χ4n) is 1.28. The molecule has 0 aliphatic heterocycles. The van der Waals surface area contributed by atoms with Crippen molar-refractivity contribution in [3.05, 3.63) is 35.9 Å². The molecule has 0 aliphatic carbocycles. The van der Waals surface area contributed by atoms with Crippen LogP contribution >= 0.6 is 0 Å². The monoisotopic (exact) mass is 248 g/mol. The van der Waals surface area contributed by atoms with E-state index in [0.29, 0.717) is 5.69 Å². The van der Waals surface area contributed by atoms with E-state index in [-0.39, 0.29) is 18.9 Å². The first-order valence-corrected chi connectivity index (χ1v) is 5.49. The Morgan fingerprint density at radius 1 is 1.33 bits per heavy atom. The van der Waals surface area contributed by atoms with Crippen LogP contribution in [0.4, 0.5) is 5.69 Å². The lowest BCUT2D eigenvalue weighted by Gasteiger charge is -2.13. The summed E-state index contributed by atoms with van der Waals surface area (Å²) < 4.78 is 0. The van der Waals surface area contributed by atoms with Gasteiger partial charge in [0.1, 0.15) is 0 Å². The van der Waals surface area contributed by atoms with Gasteiger partial charge in [-0.25, -0.2) is 0 Å². The second kappa shape index (κ2) is 6.44. The molecule has 0 atom stereocenters. The molecule has 0 heterocycles. The minimum absolute atomic E-state index is 0.0576. The largest absolute Gasteiger partial charge is 0.481 e. The highest BCUT2D eigenvalue weighted by Crippen LogP contribution is 2.07. The molecular formula is C13H16N2O3. The zero-order valence-electron chi connectivity index (χ0n) is 10.2. The Labute approximate surface area is 106 Å². The molecule has 0 aliphatic rings. The van der Waals surface area contributed by atoms with Crippen LogP contribution in [0.25, 0.3) is 6.08 Å². The van der Waals surface area contributed by atoms with Gasteiger partial charge in [-0.05, 0) is 23.8 Å². The van der Waals surface area contributed by atoms with Gasteiger partial charge < -0.3 is 15.7 Å². The number of aliphatic carboxylic acids is 1. The van der Waals surface area contributed by atoms with Crippen LogP contribution in [0, 0.1) is 0 Å². The maximum Gasteiger partial charge on any atom is 0.305 e. The number of carboxylic acids is 1. The van der Waals surface area contributed by atoms with Crippen molar-refractivity contribution in [2.45, 2.75) is 6.42 Å². The third-order valence-corrected chi connectivity index (χ3v) is 2.39. The Bertz CT molecular complexity index is 452. The van der Waals surface area contributed by atoms with Crippen LogP contribution in [0.15, 0.2) is 30.3 Å². The summed E-state index contributed by atoms with van der Waals surface area (Å²) in [5.41, 5.74) is 7.07. The van der Waals surface area contributed by atoms with Gasteiger partial charge in [0.15, 0.2) is 0 Å². The fraction of sp³-hybridized carbons (Fsp3) is 0.231. The van der Waals surface area contributed by atoms with E-state index in [1.165, 1.54) is 11.0 Å². The molecule has 18 heavy (non-hydrogen) atoms. The van der Waals surface area contributed by atoms with Gasteiger partial charge in [0, 0.05) is 25.4 Å². The van der Waals surface area contributed by atoms with Gasteiger partial charge >= 0.3 is 5.97 Å². The Morgan fingerprint density at radius 2 is 1.94 bits per heavy atom. The van der Waals surface area contributed by atoms with Crippen LogP contribution in [-0.2, 0) is 9.59 Å². The van der Waals surface area contributed by atoms with Crippen LogP contribution in [0.2, 0.25) is 0 Å². The Hall–Kier alpha value is -2.30. The van der Waals surface area contributed by atoms with Crippen molar-refractivity contribution in [2.24, 2.45) is 0 Å². The van der Waals surface area contributed by atoms with Crippen molar-refractivity contribution in [3.63, 3.8) is 0 Å². The average molecular weight is 248 g/mol. The predicted molar refractivity (Wildman–Crippen MR) is 69.8 cm³/mol. The summed E-state index contributed by atoms with van der Waals surface area (Å²) in [4.78, 5) is 23.4. The second-order valence-corrected chi connectivity index (χ2v) is 3.90. The third kappa shape index (κ3) is 4.69. The number of carboxylic acid groups (broad SMARTS) is 1. The SMILES string of the molecule is CN(CCC(=O)O)C(=O)/C=C/c1ccc(N)cc1. The average Bonchev–Trinajstić information content (AvgIpc) is 2.34. The number of nitrogen functional groups attached to an aromatic ring is 1. The summed E-state index contributed by atoms with van der Waals surface area (Å²) >= 11 is 0. The second-order valence-electron chi connectivity index (χ2n) is 3.90. The molecule has 0 unspecified atom stereocenters. The number of nitrogens with two attached hydrogens (primary N) is 1. The zero-order chi connectivity index (χ0) is 13.5. The molecule has 0 spiro atoms. The molecule has 0 fully saturated rings. The first-order valence-electron chi connectivity index (χ1n) is 5.49. The molecule has 5 heteroatoms. The number of carbonyl (C=O) groups excluding carboxylic acids is 1. The molecule has 5 nitrogen and oxygen atoms in total. The van der Waals surface area contributed by atoms with Crippen molar-refractivity contribution in [1.29, 1.82) is 0 Å². The molecule has 0 aromatic heterocycles. The molecular weight excluding hydrogens is 232 g/mol. The number of benzene rings is 1. The number of hydrogen-bond acceptors (Lipinski definition) is 3. The highest BCUT2D eigenvalue weighted by molar-refractivity contribution is 5.91. The Kier molecular flexibility index (Phi) is 4.92. The standard InChI is InChI=1S/C13H16N2O3/c1-15(9-8-13(17)18)12(16)7-4-10-2-5-11(14)6-3-10/h2-7H,8-9,14H2,1H3,(H,17,18)/b7-4+. The van der Waals surface area contributed by atoms with E-state index in [1.54, 1.807) is 37.4 Å². The molecule has 1 aromatic carbocycles. The topological polar surface area (TPSA) is 83.6 Å². The smallest absolute Gasteiger partial charge is 0.305 e. The summed E-state index contributed by atoms with van der Waals surface area (Å²) in [5.74, 6) is -1.15. The van der Waals surface area contributed by atoms with Gasteiger partial charge in [-0.3, -0.25) is 9.59 Å². The summed E-state index contributed by atoms with van der Waals surface area (Å²) in [5, 5.41) is 8.51. The van der Waals surface area contributed by atoms with E-state index < -0.39 is 5.97 Å². The van der Waals surface area contributed by atoms with Crippen LogP contribution < -0.4 is 5.73 Å². The van der Waals surface area contributed by atoms with Crippen LogP contribution in [0.3, 0.4) is 0 Å². The minimum atomic E-state index is -0.919. The first kappa shape index (κ1) is 13.8. The molecule has 96 valence electrons. The molecule has 0 bridgehead atoms. The number of hydrogen-bond donors (Lipinski definition) is 2. The van der Waals surface area contributed by atoms with E-state index in [1.807, 2.05) is 0 Å². The van der Waals surface area contributed by atoms with E-state index in [4.69, 9.17) is 10.8 Å². The summed E-state index contributed by atoms with van der Waals surface area (Å²) in [6, 6.07) is 7.10. The lowest BCUT2D eigenvalue weighted by atomic mass is 10.2. The van der Waals surface area contributed by atoms with Crippen molar-refractivity contribution >= 4 is 23.6 Å².